The van der Waals surface area contributed by atoms with Crippen LogP contribution in [-0.4, -0.2) is 72.8 Å². The molecule has 24 heavy (non-hydrogen) atoms. The highest BCUT2D eigenvalue weighted by Gasteiger charge is 2.40. The molecule has 134 valence electrons. The lowest BCUT2D eigenvalue weighted by atomic mass is 10.2. The third kappa shape index (κ3) is 5.05. The second kappa shape index (κ2) is 7.99. The summed E-state index contributed by atoms with van der Waals surface area (Å²) in [5.41, 5.74) is 0.331. The van der Waals surface area contributed by atoms with E-state index < -0.39 is 27.9 Å². The Morgan fingerprint density at radius 2 is 2.04 bits per heavy atom. The number of carbonyl (C=O) groups is 1. The van der Waals surface area contributed by atoms with Gasteiger partial charge >= 0.3 is 0 Å². The zero-order valence-corrected chi connectivity index (χ0v) is 15.0. The number of benzene rings is 1. The third-order valence-electron chi connectivity index (χ3n) is 3.70. The molecule has 7 nitrogen and oxygen atoms in total. The standard InChI is InChI=1S/C14H18Cl2N2O5S/c15-9-1-2-10(16)11(5-9)17-14(21)6-18(3-4-19)12-7-24(22,23)8-13(12)20/h1-2,5,12-13,19-20H,3-4,6-8H2,(H,17,21). The first kappa shape index (κ1) is 19.4. The molecule has 2 atom stereocenters. The summed E-state index contributed by atoms with van der Waals surface area (Å²) in [6, 6.07) is 3.88. The minimum Gasteiger partial charge on any atom is -0.395 e. The molecular weight excluding hydrogens is 379 g/mol. The number of halogens is 2. The van der Waals surface area contributed by atoms with Gasteiger partial charge in [-0.3, -0.25) is 9.69 Å². The third-order valence-corrected chi connectivity index (χ3v) is 5.96. The van der Waals surface area contributed by atoms with E-state index in [2.05, 4.69) is 5.32 Å². The highest BCUT2D eigenvalue weighted by molar-refractivity contribution is 7.91. The van der Waals surface area contributed by atoms with Crippen LogP contribution in [0.3, 0.4) is 0 Å². The Bertz CT molecular complexity index is 713. The van der Waals surface area contributed by atoms with Crippen LogP contribution in [0, 0.1) is 0 Å². The number of sulfone groups is 1. The average Bonchev–Trinajstić information content (AvgIpc) is 2.75. The summed E-state index contributed by atoms with van der Waals surface area (Å²) in [7, 11) is -3.36. The predicted molar refractivity (Wildman–Crippen MR) is 92.2 cm³/mol. The number of carbonyl (C=O) groups excluding carboxylic acids is 1. The van der Waals surface area contributed by atoms with Crippen molar-refractivity contribution in [3.8, 4) is 0 Å². The lowest BCUT2D eigenvalue weighted by Gasteiger charge is -2.28. The van der Waals surface area contributed by atoms with Crippen LogP contribution >= 0.6 is 23.2 Å². The van der Waals surface area contributed by atoms with E-state index >= 15 is 0 Å². The van der Waals surface area contributed by atoms with Gasteiger partial charge in [0.15, 0.2) is 9.84 Å². The van der Waals surface area contributed by atoms with E-state index in [4.69, 9.17) is 28.3 Å². The molecule has 10 heteroatoms. The molecule has 2 unspecified atom stereocenters. The summed E-state index contributed by atoms with van der Waals surface area (Å²) in [5, 5.41) is 22.4. The van der Waals surface area contributed by atoms with Crippen LogP contribution in [0.1, 0.15) is 0 Å². The first-order chi connectivity index (χ1) is 11.2. The number of nitrogens with zero attached hydrogens (tertiary/aromatic N) is 1. The van der Waals surface area contributed by atoms with E-state index in [1.807, 2.05) is 0 Å². The van der Waals surface area contributed by atoms with Gasteiger partial charge in [-0.2, -0.15) is 0 Å². The summed E-state index contributed by atoms with van der Waals surface area (Å²) in [6.07, 6.45) is -1.09. The van der Waals surface area contributed by atoms with Crippen molar-refractivity contribution >= 4 is 44.6 Å². The molecule has 0 bridgehead atoms. The van der Waals surface area contributed by atoms with E-state index in [1.165, 1.54) is 17.0 Å². The largest absolute Gasteiger partial charge is 0.395 e. The van der Waals surface area contributed by atoms with Crippen molar-refractivity contribution in [2.75, 3.05) is 36.5 Å². The van der Waals surface area contributed by atoms with Crippen LogP contribution in [-0.2, 0) is 14.6 Å². The Morgan fingerprint density at radius 3 is 2.62 bits per heavy atom. The van der Waals surface area contributed by atoms with E-state index in [0.29, 0.717) is 15.7 Å². The average molecular weight is 397 g/mol. The molecule has 0 aliphatic carbocycles. The van der Waals surface area contributed by atoms with Gasteiger partial charge in [-0.25, -0.2) is 8.42 Å². The van der Waals surface area contributed by atoms with Gasteiger partial charge < -0.3 is 15.5 Å². The normalized spacial score (nSPS) is 22.7. The predicted octanol–water partition coefficient (Wildman–Crippen LogP) is 0.384. The number of hydrogen-bond donors (Lipinski definition) is 3. The van der Waals surface area contributed by atoms with Gasteiger partial charge in [0.05, 0.1) is 47.5 Å². The van der Waals surface area contributed by atoms with Crippen LogP contribution in [0.2, 0.25) is 10.0 Å². The van der Waals surface area contributed by atoms with Gasteiger partial charge in [0.2, 0.25) is 5.91 Å². The number of anilines is 1. The molecule has 3 N–H and O–H groups in total. The van der Waals surface area contributed by atoms with E-state index in [-0.39, 0.29) is 31.2 Å². The minimum atomic E-state index is -3.36. The van der Waals surface area contributed by atoms with Crippen LogP contribution in [0.4, 0.5) is 5.69 Å². The molecule has 1 heterocycles. The van der Waals surface area contributed by atoms with Crippen LogP contribution in [0.15, 0.2) is 18.2 Å². The monoisotopic (exact) mass is 396 g/mol. The molecule has 0 spiro atoms. The number of amides is 1. The summed E-state index contributed by atoms with van der Waals surface area (Å²) in [4.78, 5) is 13.7. The maximum Gasteiger partial charge on any atom is 0.238 e. The lowest BCUT2D eigenvalue weighted by molar-refractivity contribution is -0.118. The molecule has 0 saturated carbocycles. The fourth-order valence-electron chi connectivity index (χ4n) is 2.62. The number of hydrogen-bond acceptors (Lipinski definition) is 6. The molecule has 2 rings (SSSR count). The number of aliphatic hydroxyl groups is 2. The maximum atomic E-state index is 12.2. The van der Waals surface area contributed by atoms with Gasteiger partial charge in [0.25, 0.3) is 0 Å². The maximum absolute atomic E-state index is 12.2. The highest BCUT2D eigenvalue weighted by Crippen LogP contribution is 2.25. The zero-order chi connectivity index (χ0) is 17.9. The van der Waals surface area contributed by atoms with Gasteiger partial charge in [-0.05, 0) is 18.2 Å². The van der Waals surface area contributed by atoms with Crippen molar-refractivity contribution in [1.82, 2.24) is 4.90 Å². The summed E-state index contributed by atoms with van der Waals surface area (Å²) >= 11 is 11.8. The van der Waals surface area contributed by atoms with Gasteiger partial charge in [0.1, 0.15) is 0 Å². The Morgan fingerprint density at radius 1 is 1.33 bits per heavy atom. The molecule has 0 radical (unpaired) electrons. The Kier molecular flexibility index (Phi) is 6.46. The van der Waals surface area contributed by atoms with E-state index in [1.54, 1.807) is 6.07 Å². The van der Waals surface area contributed by atoms with Gasteiger partial charge in [-0.15, -0.1) is 0 Å². The Hall–Kier alpha value is -0.900. The van der Waals surface area contributed by atoms with Crippen molar-refractivity contribution < 1.29 is 23.4 Å². The molecular formula is C14H18Cl2N2O5S. The molecule has 1 aliphatic rings. The molecule has 0 aromatic heterocycles. The van der Waals surface area contributed by atoms with Crippen LogP contribution in [0.5, 0.6) is 0 Å². The molecule has 1 fully saturated rings. The molecule has 1 saturated heterocycles. The fourth-order valence-corrected chi connectivity index (χ4v) is 4.79. The van der Waals surface area contributed by atoms with Crippen LogP contribution in [0.25, 0.3) is 0 Å². The lowest BCUT2D eigenvalue weighted by Crippen LogP contribution is -2.47. The van der Waals surface area contributed by atoms with Crippen molar-refractivity contribution in [1.29, 1.82) is 0 Å². The van der Waals surface area contributed by atoms with E-state index in [9.17, 15) is 18.3 Å². The summed E-state index contributed by atoms with van der Waals surface area (Å²) in [5.74, 6) is -1.05. The second-order valence-electron chi connectivity index (χ2n) is 5.58. The molecule has 1 aromatic rings. The Balaban J connectivity index is 2.07. The SMILES string of the molecule is O=C(CN(CCO)C1CS(=O)(=O)CC1O)Nc1cc(Cl)ccc1Cl. The van der Waals surface area contributed by atoms with Crippen molar-refractivity contribution in [2.45, 2.75) is 12.1 Å². The molecule has 1 amide bonds. The van der Waals surface area contributed by atoms with E-state index in [0.717, 1.165) is 0 Å². The van der Waals surface area contributed by atoms with Crippen molar-refractivity contribution in [2.24, 2.45) is 0 Å². The van der Waals surface area contributed by atoms with Crippen LogP contribution < -0.4 is 5.32 Å². The minimum absolute atomic E-state index is 0.0634. The summed E-state index contributed by atoms with van der Waals surface area (Å²) in [6.45, 7) is -0.400. The number of rotatable bonds is 6. The number of nitrogens with one attached hydrogen (secondary N) is 1. The molecule has 1 aliphatic heterocycles. The topological polar surface area (TPSA) is 107 Å². The van der Waals surface area contributed by atoms with Crippen molar-refractivity contribution in [3.05, 3.63) is 28.2 Å². The molecule has 1 aromatic carbocycles. The first-order valence-electron chi connectivity index (χ1n) is 7.20. The second-order valence-corrected chi connectivity index (χ2v) is 8.58. The van der Waals surface area contributed by atoms with Gasteiger partial charge in [0, 0.05) is 11.6 Å². The highest BCUT2D eigenvalue weighted by atomic mass is 35.5. The zero-order valence-electron chi connectivity index (χ0n) is 12.7. The summed E-state index contributed by atoms with van der Waals surface area (Å²) < 4.78 is 23.3. The smallest absolute Gasteiger partial charge is 0.238 e. The fraction of sp³-hybridized carbons (Fsp3) is 0.500. The quantitative estimate of drug-likeness (QED) is 0.641. The Labute approximate surface area is 150 Å². The van der Waals surface area contributed by atoms with Crippen molar-refractivity contribution in [3.63, 3.8) is 0 Å². The first-order valence-corrected chi connectivity index (χ1v) is 9.78. The number of aliphatic hydroxyl groups excluding tert-OH is 2. The van der Waals surface area contributed by atoms with Gasteiger partial charge in [-0.1, -0.05) is 23.2 Å².